The molecule has 1 aliphatic heterocycles. The molecule has 3 aromatic carbocycles. The van der Waals surface area contributed by atoms with Crippen LogP contribution in [0.4, 0.5) is 27.2 Å². The van der Waals surface area contributed by atoms with E-state index in [4.69, 9.17) is 19.3 Å². The highest BCUT2D eigenvalue weighted by Gasteiger charge is 2.44. The average molecular weight is 806 g/mol. The van der Waals surface area contributed by atoms with Crippen LogP contribution in [0.5, 0.6) is 0 Å². The Bertz CT molecular complexity index is 2370. The van der Waals surface area contributed by atoms with Gasteiger partial charge < -0.3 is 19.5 Å². The predicted octanol–water partition coefficient (Wildman–Crippen LogP) is 9.35. The molecule has 58 heavy (non-hydrogen) atoms. The second kappa shape index (κ2) is 15.9. The summed E-state index contributed by atoms with van der Waals surface area (Å²) >= 11 is 0. The van der Waals surface area contributed by atoms with Crippen LogP contribution in [0.1, 0.15) is 87.5 Å². The maximum atomic E-state index is 15.8. The molecule has 6 rings (SSSR count). The van der Waals surface area contributed by atoms with E-state index in [-0.39, 0.29) is 5.52 Å². The number of alkyl carbamates (subject to hydrolysis) is 1. The average Bonchev–Trinajstić information content (AvgIpc) is 3.83. The number of alkyl halides is 3. The van der Waals surface area contributed by atoms with Gasteiger partial charge in [-0.2, -0.15) is 18.3 Å². The Morgan fingerprint density at radius 2 is 1.62 bits per heavy atom. The third kappa shape index (κ3) is 8.31. The first-order valence-electron chi connectivity index (χ1n) is 19.0. The Balaban J connectivity index is 1.37. The number of rotatable bonds is 10. The normalized spacial score (nSPS) is 14.1. The summed E-state index contributed by atoms with van der Waals surface area (Å²) < 4.78 is 74.5. The molecule has 15 heteroatoms. The van der Waals surface area contributed by atoms with E-state index in [1.165, 1.54) is 18.3 Å². The second-order valence-electron chi connectivity index (χ2n) is 15.7. The monoisotopic (exact) mass is 805 g/mol. The van der Waals surface area contributed by atoms with Gasteiger partial charge in [0, 0.05) is 35.8 Å². The van der Waals surface area contributed by atoms with Gasteiger partial charge in [0.05, 0.1) is 33.7 Å². The molecular formula is C43H47F4N5O6. The molecule has 308 valence electrons. The highest BCUT2D eigenvalue weighted by molar-refractivity contribution is 6.00. The van der Waals surface area contributed by atoms with Gasteiger partial charge in [-0.15, -0.1) is 0 Å². The smallest absolute Gasteiger partial charge is 0.421 e. The standard InChI is InChI=1S/C43H47F4N5O6/c1-9-26-12-11-13-27(10-2)35(26)52-36(32-23-50(42(7,8)38(32)49-52)22-28-14-15-29(20-25(28)3)43(45,46)47)30-16-17-33(44)37-31(30)18-19-51(37)40(55)57-24-56-34(53)21-48-39(54)58-41(4,5)6/h11-20H,9-10,21-24H2,1-8H3,(H,48,54). The van der Waals surface area contributed by atoms with Crippen molar-refractivity contribution in [2.45, 2.75) is 98.6 Å². The first-order chi connectivity index (χ1) is 27.2. The molecule has 0 atom stereocenters. The molecule has 0 fully saturated rings. The van der Waals surface area contributed by atoms with Crippen molar-refractivity contribution >= 4 is 29.1 Å². The van der Waals surface area contributed by atoms with E-state index in [0.29, 0.717) is 48.1 Å². The minimum absolute atomic E-state index is 0.0732. The number of halogens is 4. The SMILES string of the molecule is CCc1cccc(CC)c1-n1nc2c(c1-c1ccc(F)c3c1ccn3C(=O)OCOC(=O)CNC(=O)OC(C)(C)C)CN(Cc1ccc(C(F)(F)F)cc1C)C2(C)C. The molecule has 3 heterocycles. The van der Waals surface area contributed by atoms with Crippen molar-refractivity contribution in [1.29, 1.82) is 0 Å². The summed E-state index contributed by atoms with van der Waals surface area (Å²) in [7, 11) is 0. The lowest BCUT2D eigenvalue weighted by atomic mass is 9.96. The number of amides is 1. The fourth-order valence-electron chi connectivity index (χ4n) is 7.37. The van der Waals surface area contributed by atoms with Crippen LogP contribution in [-0.2, 0) is 56.7 Å². The Morgan fingerprint density at radius 1 is 0.931 bits per heavy atom. The van der Waals surface area contributed by atoms with Crippen LogP contribution >= 0.6 is 0 Å². The van der Waals surface area contributed by atoms with E-state index in [2.05, 4.69) is 24.1 Å². The molecule has 0 bridgehead atoms. The number of hydrogen-bond donors (Lipinski definition) is 1. The number of aryl methyl sites for hydroxylation is 3. The largest absolute Gasteiger partial charge is 0.444 e. The minimum atomic E-state index is -4.46. The number of nitrogens with one attached hydrogen (secondary N) is 1. The fraction of sp³-hybridized carbons (Fsp3) is 0.395. The van der Waals surface area contributed by atoms with E-state index < -0.39 is 60.2 Å². The van der Waals surface area contributed by atoms with Gasteiger partial charge in [0.25, 0.3) is 0 Å². The third-order valence-corrected chi connectivity index (χ3v) is 10.3. The van der Waals surface area contributed by atoms with Crippen LogP contribution in [0.15, 0.2) is 60.8 Å². The number of carbonyl (C=O) groups is 3. The van der Waals surface area contributed by atoms with E-state index in [9.17, 15) is 27.6 Å². The number of benzene rings is 3. The van der Waals surface area contributed by atoms with E-state index in [0.717, 1.165) is 50.3 Å². The summed E-state index contributed by atoms with van der Waals surface area (Å²) in [5.74, 6) is -1.60. The van der Waals surface area contributed by atoms with Crippen LogP contribution in [-0.4, -0.2) is 56.3 Å². The second-order valence-corrected chi connectivity index (χ2v) is 15.7. The van der Waals surface area contributed by atoms with Crippen LogP contribution in [0.3, 0.4) is 0 Å². The van der Waals surface area contributed by atoms with Crippen LogP contribution in [0, 0.1) is 12.7 Å². The third-order valence-electron chi connectivity index (χ3n) is 10.3. The van der Waals surface area contributed by atoms with Crippen LogP contribution in [0.2, 0.25) is 0 Å². The molecule has 1 amide bonds. The number of carbonyl (C=O) groups excluding carboxylic acids is 3. The number of fused-ring (bicyclic) bond motifs is 2. The molecule has 0 spiro atoms. The molecule has 11 nitrogen and oxygen atoms in total. The number of esters is 1. The Morgan fingerprint density at radius 3 is 2.24 bits per heavy atom. The lowest BCUT2D eigenvalue weighted by Crippen LogP contribution is -2.36. The van der Waals surface area contributed by atoms with Crippen molar-refractivity contribution in [3.8, 4) is 16.9 Å². The van der Waals surface area contributed by atoms with Gasteiger partial charge in [-0.1, -0.05) is 38.1 Å². The van der Waals surface area contributed by atoms with Gasteiger partial charge in [-0.25, -0.2) is 23.2 Å². The lowest BCUT2D eigenvalue weighted by Gasteiger charge is -2.32. The number of para-hydroxylation sites is 1. The molecule has 1 aliphatic rings. The summed E-state index contributed by atoms with van der Waals surface area (Å²) in [6, 6.07) is 14.4. The molecule has 0 unspecified atom stereocenters. The molecule has 5 aromatic rings. The molecule has 0 saturated heterocycles. The van der Waals surface area contributed by atoms with E-state index in [1.807, 2.05) is 36.7 Å². The van der Waals surface area contributed by atoms with Crippen molar-refractivity contribution in [3.63, 3.8) is 0 Å². The fourth-order valence-corrected chi connectivity index (χ4v) is 7.37. The number of aromatic nitrogens is 3. The number of nitrogens with zero attached hydrogens (tertiary/aromatic N) is 4. The molecule has 1 N–H and O–H groups in total. The highest BCUT2D eigenvalue weighted by atomic mass is 19.4. The zero-order chi connectivity index (χ0) is 42.3. The van der Waals surface area contributed by atoms with Gasteiger partial charge in [0.15, 0.2) is 0 Å². The maximum absolute atomic E-state index is 15.8. The molecule has 0 radical (unpaired) electrons. The lowest BCUT2D eigenvalue weighted by molar-refractivity contribution is -0.150. The highest BCUT2D eigenvalue weighted by Crippen LogP contribution is 2.47. The number of ether oxygens (including phenoxy) is 3. The van der Waals surface area contributed by atoms with Gasteiger partial charge in [0.2, 0.25) is 6.79 Å². The van der Waals surface area contributed by atoms with Gasteiger partial charge in [-0.3, -0.25) is 9.69 Å². The molecule has 0 saturated carbocycles. The van der Waals surface area contributed by atoms with Crippen molar-refractivity contribution in [3.05, 3.63) is 106 Å². The van der Waals surface area contributed by atoms with Gasteiger partial charge >= 0.3 is 24.3 Å². The van der Waals surface area contributed by atoms with Crippen LogP contribution < -0.4 is 5.32 Å². The Labute approximate surface area is 333 Å². The van der Waals surface area contributed by atoms with E-state index >= 15 is 4.39 Å². The topological polar surface area (TPSA) is 117 Å². The minimum Gasteiger partial charge on any atom is -0.444 e. The summed E-state index contributed by atoms with van der Waals surface area (Å²) in [6.45, 7) is 14.2. The Kier molecular flexibility index (Phi) is 11.5. The summed E-state index contributed by atoms with van der Waals surface area (Å²) in [4.78, 5) is 39.5. The summed E-state index contributed by atoms with van der Waals surface area (Å²) in [5.41, 5.74) is 4.94. The van der Waals surface area contributed by atoms with Crippen molar-refractivity contribution in [1.82, 2.24) is 24.6 Å². The maximum Gasteiger partial charge on any atom is 0.421 e. The van der Waals surface area contributed by atoms with Crippen molar-refractivity contribution in [2.24, 2.45) is 0 Å². The van der Waals surface area contributed by atoms with Crippen molar-refractivity contribution in [2.75, 3.05) is 13.3 Å². The summed E-state index contributed by atoms with van der Waals surface area (Å²) in [6.07, 6.45) is -3.51. The van der Waals surface area contributed by atoms with Crippen LogP contribution in [0.25, 0.3) is 27.8 Å². The molecule has 2 aromatic heterocycles. The van der Waals surface area contributed by atoms with E-state index in [1.54, 1.807) is 39.8 Å². The zero-order valence-electron chi connectivity index (χ0n) is 33.8. The van der Waals surface area contributed by atoms with Crippen molar-refractivity contribution < 1.29 is 46.2 Å². The zero-order valence-corrected chi connectivity index (χ0v) is 33.8. The quantitative estimate of drug-likeness (QED) is 0.0844. The molecular weight excluding hydrogens is 758 g/mol. The van der Waals surface area contributed by atoms with Gasteiger partial charge in [0.1, 0.15) is 18.0 Å². The summed E-state index contributed by atoms with van der Waals surface area (Å²) in [5, 5.41) is 7.94. The predicted molar refractivity (Wildman–Crippen MR) is 209 cm³/mol. The molecule has 0 aliphatic carbocycles. The van der Waals surface area contributed by atoms with Gasteiger partial charge in [-0.05, 0) is 107 Å². The first-order valence-corrected chi connectivity index (χ1v) is 19.0. The first kappa shape index (κ1) is 41.9. The number of hydrogen-bond acceptors (Lipinski definition) is 8. The Hall–Kier alpha value is -5.70.